The number of carbonyl (C=O) groups is 2. The number of amides is 2. The van der Waals surface area contributed by atoms with Gasteiger partial charge in [-0.2, -0.15) is 0 Å². The largest absolute Gasteiger partial charge is 0.490 e. The van der Waals surface area contributed by atoms with E-state index < -0.39 is 12.0 Å². The summed E-state index contributed by atoms with van der Waals surface area (Å²) in [5.74, 6) is 0.727. The van der Waals surface area contributed by atoms with Gasteiger partial charge in [0.2, 0.25) is 5.91 Å². The van der Waals surface area contributed by atoms with E-state index in [2.05, 4.69) is 5.32 Å². The third kappa shape index (κ3) is 4.42. The predicted octanol–water partition coefficient (Wildman–Crippen LogP) is 3.47. The molecule has 0 aromatic heterocycles. The fraction of sp³-hybridized carbons (Fsp3) is 0.462. The molecule has 2 aliphatic rings. The molecule has 0 bridgehead atoms. The van der Waals surface area contributed by atoms with Gasteiger partial charge in [-0.15, -0.1) is 0 Å². The molecular formula is C26H32N2O5. The molecule has 0 saturated heterocycles. The van der Waals surface area contributed by atoms with Gasteiger partial charge < -0.3 is 24.4 Å². The van der Waals surface area contributed by atoms with Gasteiger partial charge >= 0.3 is 0 Å². The summed E-state index contributed by atoms with van der Waals surface area (Å²) in [6.07, 6.45) is 1.43. The van der Waals surface area contributed by atoms with Gasteiger partial charge in [0.05, 0.1) is 25.2 Å². The normalized spacial score (nSPS) is 18.8. The van der Waals surface area contributed by atoms with E-state index in [1.165, 1.54) is 0 Å². The van der Waals surface area contributed by atoms with E-state index in [-0.39, 0.29) is 11.8 Å². The Morgan fingerprint density at radius 2 is 1.82 bits per heavy atom. The molecule has 0 unspecified atom stereocenters. The zero-order chi connectivity index (χ0) is 23.4. The second-order valence-corrected chi connectivity index (χ2v) is 8.26. The Morgan fingerprint density at radius 1 is 1.09 bits per heavy atom. The SMILES string of the molecule is CCOc1cc2c(cc1OCC)[C@H]1[C@@H](C(=O)NCCCOC)c3ccccc3C(=O)N1CC2. The highest BCUT2D eigenvalue weighted by Gasteiger charge is 2.46. The van der Waals surface area contributed by atoms with Crippen LogP contribution >= 0.6 is 0 Å². The smallest absolute Gasteiger partial charge is 0.254 e. The van der Waals surface area contributed by atoms with E-state index in [9.17, 15) is 9.59 Å². The van der Waals surface area contributed by atoms with E-state index >= 15 is 0 Å². The van der Waals surface area contributed by atoms with Crippen LogP contribution in [-0.4, -0.2) is 56.7 Å². The number of fused-ring (bicyclic) bond motifs is 4. The van der Waals surface area contributed by atoms with Crippen LogP contribution in [0.25, 0.3) is 0 Å². The maximum Gasteiger partial charge on any atom is 0.254 e. The van der Waals surface area contributed by atoms with Crippen LogP contribution < -0.4 is 14.8 Å². The monoisotopic (exact) mass is 452 g/mol. The third-order valence-corrected chi connectivity index (χ3v) is 6.29. The van der Waals surface area contributed by atoms with Crippen LogP contribution in [0.4, 0.5) is 0 Å². The fourth-order valence-corrected chi connectivity index (χ4v) is 4.89. The number of carbonyl (C=O) groups excluding carboxylic acids is 2. The van der Waals surface area contributed by atoms with Gasteiger partial charge in [0.15, 0.2) is 11.5 Å². The molecule has 2 aromatic rings. The summed E-state index contributed by atoms with van der Waals surface area (Å²) in [6, 6.07) is 11.0. The summed E-state index contributed by atoms with van der Waals surface area (Å²) in [4.78, 5) is 28.8. The molecule has 0 aliphatic carbocycles. The fourth-order valence-electron chi connectivity index (χ4n) is 4.89. The average molecular weight is 453 g/mol. The molecule has 0 spiro atoms. The predicted molar refractivity (Wildman–Crippen MR) is 125 cm³/mol. The molecule has 2 atom stereocenters. The van der Waals surface area contributed by atoms with Gasteiger partial charge in [0, 0.05) is 32.4 Å². The second kappa shape index (κ2) is 10.3. The molecule has 0 radical (unpaired) electrons. The van der Waals surface area contributed by atoms with Crippen LogP contribution in [0.3, 0.4) is 0 Å². The highest BCUT2D eigenvalue weighted by molar-refractivity contribution is 6.01. The molecule has 0 fully saturated rings. The first-order valence-corrected chi connectivity index (χ1v) is 11.7. The zero-order valence-electron chi connectivity index (χ0n) is 19.6. The standard InChI is InChI=1S/C26H32N2O5/c1-4-32-21-15-17-11-13-28-24(20(17)16-22(21)33-5-2)23(25(29)27-12-8-14-31-3)18-9-6-7-10-19(18)26(28)30/h6-7,9-10,15-16,23-24H,4-5,8,11-14H2,1-3H3,(H,27,29)/t23-,24-/m0/s1. The van der Waals surface area contributed by atoms with Crippen molar-refractivity contribution in [3.8, 4) is 11.5 Å². The van der Waals surface area contributed by atoms with Crippen molar-refractivity contribution in [2.45, 2.75) is 38.6 Å². The van der Waals surface area contributed by atoms with Crippen LogP contribution in [0.5, 0.6) is 11.5 Å². The van der Waals surface area contributed by atoms with E-state index in [0.717, 1.165) is 23.1 Å². The highest BCUT2D eigenvalue weighted by Crippen LogP contribution is 2.48. The van der Waals surface area contributed by atoms with E-state index in [1.54, 1.807) is 7.11 Å². The molecule has 7 nitrogen and oxygen atoms in total. The Labute approximate surface area is 195 Å². The van der Waals surface area contributed by atoms with Crippen molar-refractivity contribution in [3.05, 3.63) is 58.7 Å². The number of nitrogens with one attached hydrogen (secondary N) is 1. The van der Waals surface area contributed by atoms with Gasteiger partial charge in [-0.05, 0) is 61.6 Å². The minimum absolute atomic E-state index is 0.0310. The van der Waals surface area contributed by atoms with Crippen LogP contribution in [0.15, 0.2) is 36.4 Å². The lowest BCUT2D eigenvalue weighted by Gasteiger charge is -2.45. The van der Waals surface area contributed by atoms with E-state index in [0.29, 0.717) is 56.4 Å². The first kappa shape index (κ1) is 23.1. The first-order valence-electron chi connectivity index (χ1n) is 11.7. The summed E-state index contributed by atoms with van der Waals surface area (Å²) in [7, 11) is 1.65. The molecule has 33 heavy (non-hydrogen) atoms. The Balaban J connectivity index is 1.79. The molecule has 7 heteroatoms. The molecular weight excluding hydrogens is 420 g/mol. The lowest BCUT2D eigenvalue weighted by atomic mass is 9.75. The topological polar surface area (TPSA) is 77.1 Å². The zero-order valence-corrected chi connectivity index (χ0v) is 19.6. The van der Waals surface area contributed by atoms with Crippen molar-refractivity contribution in [3.63, 3.8) is 0 Å². The molecule has 176 valence electrons. The van der Waals surface area contributed by atoms with E-state index in [1.807, 2.05) is 55.1 Å². The maximum absolute atomic E-state index is 13.5. The van der Waals surface area contributed by atoms with Crippen molar-refractivity contribution < 1.29 is 23.8 Å². The van der Waals surface area contributed by atoms with Gasteiger partial charge in [0.1, 0.15) is 0 Å². The number of benzene rings is 2. The van der Waals surface area contributed by atoms with Gasteiger partial charge in [-0.25, -0.2) is 0 Å². The minimum atomic E-state index is -0.507. The number of ether oxygens (including phenoxy) is 3. The summed E-state index contributed by atoms with van der Waals surface area (Å²) in [5.41, 5.74) is 3.42. The summed E-state index contributed by atoms with van der Waals surface area (Å²) < 4.78 is 16.8. The summed E-state index contributed by atoms with van der Waals surface area (Å²) in [6.45, 7) is 6.56. The Bertz CT molecular complexity index is 1020. The Kier molecular flexibility index (Phi) is 7.18. The van der Waals surface area contributed by atoms with Crippen LogP contribution in [0.2, 0.25) is 0 Å². The second-order valence-electron chi connectivity index (χ2n) is 8.26. The van der Waals surface area contributed by atoms with Crippen molar-refractivity contribution in [1.82, 2.24) is 10.2 Å². The molecule has 2 aliphatic heterocycles. The van der Waals surface area contributed by atoms with Crippen LogP contribution in [0.1, 0.15) is 59.3 Å². The van der Waals surface area contributed by atoms with Crippen molar-refractivity contribution >= 4 is 11.8 Å². The average Bonchev–Trinajstić information content (AvgIpc) is 2.82. The quantitative estimate of drug-likeness (QED) is 0.590. The molecule has 2 aromatic carbocycles. The van der Waals surface area contributed by atoms with Gasteiger partial charge in [-0.1, -0.05) is 18.2 Å². The van der Waals surface area contributed by atoms with Crippen molar-refractivity contribution in [1.29, 1.82) is 0 Å². The molecule has 2 heterocycles. The highest BCUT2D eigenvalue weighted by atomic mass is 16.5. The number of methoxy groups -OCH3 is 1. The lowest BCUT2D eigenvalue weighted by Crippen LogP contribution is -2.50. The number of nitrogens with zero attached hydrogens (tertiary/aromatic N) is 1. The molecule has 1 N–H and O–H groups in total. The van der Waals surface area contributed by atoms with Gasteiger partial charge in [0.25, 0.3) is 5.91 Å². The Morgan fingerprint density at radius 3 is 2.55 bits per heavy atom. The molecule has 4 rings (SSSR count). The minimum Gasteiger partial charge on any atom is -0.490 e. The van der Waals surface area contributed by atoms with Crippen LogP contribution in [-0.2, 0) is 16.0 Å². The molecule has 2 amide bonds. The van der Waals surface area contributed by atoms with Gasteiger partial charge in [-0.3, -0.25) is 9.59 Å². The first-order chi connectivity index (χ1) is 16.1. The Hall–Kier alpha value is -3.06. The number of rotatable bonds is 9. The lowest BCUT2D eigenvalue weighted by molar-refractivity contribution is -0.124. The summed E-state index contributed by atoms with van der Waals surface area (Å²) >= 11 is 0. The van der Waals surface area contributed by atoms with Crippen molar-refractivity contribution in [2.24, 2.45) is 0 Å². The third-order valence-electron chi connectivity index (χ3n) is 6.29. The maximum atomic E-state index is 13.5. The number of hydrogen-bond acceptors (Lipinski definition) is 5. The number of hydrogen-bond donors (Lipinski definition) is 1. The van der Waals surface area contributed by atoms with Crippen LogP contribution in [0, 0.1) is 0 Å². The molecule has 0 saturated carbocycles. The van der Waals surface area contributed by atoms with Crippen molar-refractivity contribution in [2.75, 3.05) is 40.0 Å². The van der Waals surface area contributed by atoms with E-state index in [4.69, 9.17) is 14.2 Å². The summed E-state index contributed by atoms with van der Waals surface area (Å²) in [5, 5.41) is 3.07.